The molecule has 0 radical (unpaired) electrons. The summed E-state index contributed by atoms with van der Waals surface area (Å²) in [6.07, 6.45) is 1.28. The third kappa shape index (κ3) is 16.5. The first-order valence-corrected chi connectivity index (χ1v) is 6.33. The molecule has 0 spiro atoms. The highest BCUT2D eigenvalue weighted by molar-refractivity contribution is 4.55. The summed E-state index contributed by atoms with van der Waals surface area (Å²) >= 11 is 0. The Morgan fingerprint density at radius 3 is 1.00 bits per heavy atom. The minimum atomic E-state index is 1.00. The van der Waals surface area contributed by atoms with Crippen LogP contribution in [0, 0.1) is 0 Å². The molecule has 2 aliphatic rings. The van der Waals surface area contributed by atoms with Crippen molar-refractivity contribution in [2.45, 2.75) is 34.1 Å². The van der Waals surface area contributed by atoms with E-state index in [0.717, 1.165) is 26.4 Å². The quantitative estimate of drug-likeness (QED) is 0.484. The maximum absolute atomic E-state index is 3.17. The molecule has 94 valence electrons. The Morgan fingerprint density at radius 2 is 0.867 bits per heavy atom. The fourth-order valence-corrected chi connectivity index (χ4v) is 1.05. The third-order valence-corrected chi connectivity index (χ3v) is 1.69. The van der Waals surface area contributed by atoms with Gasteiger partial charge in [-0.2, -0.15) is 0 Å². The number of hydrogen-bond donors (Lipinski definition) is 4. The normalized spacial score (nSPS) is 18.4. The molecule has 4 heteroatoms. The maximum atomic E-state index is 3.17. The topological polar surface area (TPSA) is 48.1 Å². The predicted octanol–water partition coefficient (Wildman–Crippen LogP) is 0.716. The van der Waals surface area contributed by atoms with Crippen molar-refractivity contribution in [3.63, 3.8) is 0 Å². The van der Waals surface area contributed by atoms with Gasteiger partial charge in [0.05, 0.1) is 0 Å². The number of rotatable bonds is 0. The molecule has 2 rings (SSSR count). The van der Waals surface area contributed by atoms with E-state index >= 15 is 0 Å². The summed E-state index contributed by atoms with van der Waals surface area (Å²) in [5.74, 6) is 0. The first kappa shape index (κ1) is 17.2. The van der Waals surface area contributed by atoms with Crippen LogP contribution in [0.1, 0.15) is 34.1 Å². The number of hydrogen-bond acceptors (Lipinski definition) is 4. The van der Waals surface area contributed by atoms with Crippen LogP contribution in [0.15, 0.2) is 0 Å². The summed E-state index contributed by atoms with van der Waals surface area (Å²) in [5.41, 5.74) is 0. The van der Waals surface area contributed by atoms with E-state index in [1.807, 2.05) is 27.7 Å². The van der Waals surface area contributed by atoms with Gasteiger partial charge in [-0.15, -0.1) is 0 Å². The second-order valence-corrected chi connectivity index (χ2v) is 2.71. The highest BCUT2D eigenvalue weighted by atomic mass is 15.1. The molecule has 0 bridgehead atoms. The van der Waals surface area contributed by atoms with Gasteiger partial charge < -0.3 is 21.3 Å². The fourth-order valence-electron chi connectivity index (χ4n) is 1.05. The van der Waals surface area contributed by atoms with Crippen LogP contribution in [0.3, 0.4) is 0 Å². The van der Waals surface area contributed by atoms with Gasteiger partial charge in [0.15, 0.2) is 0 Å². The van der Waals surface area contributed by atoms with Gasteiger partial charge in [0.1, 0.15) is 0 Å². The summed E-state index contributed by atoms with van der Waals surface area (Å²) in [6, 6.07) is 0. The van der Waals surface area contributed by atoms with E-state index in [1.165, 1.54) is 19.5 Å². The van der Waals surface area contributed by atoms with Crippen LogP contribution in [-0.2, 0) is 0 Å². The molecular formula is C11H30N4. The molecule has 0 aliphatic carbocycles. The lowest BCUT2D eigenvalue weighted by Crippen LogP contribution is -2.37. The molecule has 0 aromatic heterocycles. The molecule has 4 nitrogen and oxygen atoms in total. The summed E-state index contributed by atoms with van der Waals surface area (Å²) in [5, 5.41) is 12.6. The smallest absolute Gasteiger partial charge is 0.0455 e. The molecule has 2 heterocycles. The molecule has 2 aliphatic heterocycles. The Morgan fingerprint density at radius 1 is 0.533 bits per heavy atom. The van der Waals surface area contributed by atoms with Gasteiger partial charge in [0, 0.05) is 26.4 Å². The van der Waals surface area contributed by atoms with Crippen molar-refractivity contribution in [3.05, 3.63) is 0 Å². The summed E-state index contributed by atoms with van der Waals surface area (Å²) in [7, 11) is 0. The van der Waals surface area contributed by atoms with Gasteiger partial charge in [0.2, 0.25) is 0 Å². The van der Waals surface area contributed by atoms with Crippen molar-refractivity contribution in [1.29, 1.82) is 0 Å². The van der Waals surface area contributed by atoms with Crippen LogP contribution in [-0.4, -0.2) is 39.5 Å². The van der Waals surface area contributed by atoms with Gasteiger partial charge in [-0.05, 0) is 19.5 Å². The van der Waals surface area contributed by atoms with Crippen LogP contribution in [0.25, 0.3) is 0 Å². The van der Waals surface area contributed by atoms with Crippen molar-refractivity contribution in [1.82, 2.24) is 21.3 Å². The van der Waals surface area contributed by atoms with Crippen molar-refractivity contribution in [2.24, 2.45) is 0 Å². The number of nitrogens with one attached hydrogen (secondary N) is 4. The molecule has 15 heavy (non-hydrogen) atoms. The van der Waals surface area contributed by atoms with Gasteiger partial charge >= 0.3 is 0 Å². The minimum Gasteiger partial charge on any atom is -0.304 e. The Balaban J connectivity index is 0. The van der Waals surface area contributed by atoms with Gasteiger partial charge in [0.25, 0.3) is 0 Å². The van der Waals surface area contributed by atoms with Crippen molar-refractivity contribution >= 4 is 0 Å². The SMILES string of the molecule is C1CNCN1.C1CNCNC1.CC.CC. The van der Waals surface area contributed by atoms with Gasteiger partial charge in [-0.1, -0.05) is 27.7 Å². The zero-order valence-electron chi connectivity index (χ0n) is 10.9. The summed E-state index contributed by atoms with van der Waals surface area (Å²) in [6.45, 7) is 14.7. The lowest BCUT2D eigenvalue weighted by atomic mass is 10.4. The standard InChI is InChI=1S/C4H10N2.C3H8N2.2C2H6/c1-2-5-4-6-3-1;1-2-5-3-4-1;2*1-2/h5-6H,1-4H2;4-5H,1-3H2;2*1-2H3. The molecule has 0 aromatic carbocycles. The predicted molar refractivity (Wildman–Crippen MR) is 69.1 cm³/mol. The van der Waals surface area contributed by atoms with E-state index in [4.69, 9.17) is 0 Å². The highest BCUT2D eigenvalue weighted by Gasteiger charge is 1.91. The fraction of sp³-hybridized carbons (Fsp3) is 1.00. The Bertz CT molecular complexity index is 61.5. The van der Waals surface area contributed by atoms with Gasteiger partial charge in [-0.25, -0.2) is 0 Å². The second-order valence-electron chi connectivity index (χ2n) is 2.71. The molecule has 2 saturated heterocycles. The summed E-state index contributed by atoms with van der Waals surface area (Å²) < 4.78 is 0. The van der Waals surface area contributed by atoms with Crippen molar-refractivity contribution in [2.75, 3.05) is 39.5 Å². The molecule has 0 saturated carbocycles. The van der Waals surface area contributed by atoms with E-state index in [2.05, 4.69) is 21.3 Å². The highest BCUT2D eigenvalue weighted by Crippen LogP contribution is 1.75. The zero-order valence-corrected chi connectivity index (χ0v) is 10.9. The maximum Gasteiger partial charge on any atom is 0.0455 e. The zero-order chi connectivity index (χ0) is 11.8. The second kappa shape index (κ2) is 19.4. The average molecular weight is 218 g/mol. The van der Waals surface area contributed by atoms with E-state index in [-0.39, 0.29) is 0 Å². The largest absolute Gasteiger partial charge is 0.304 e. The average Bonchev–Trinajstić information content (AvgIpc) is 2.95. The van der Waals surface area contributed by atoms with Crippen LogP contribution in [0.2, 0.25) is 0 Å². The Labute approximate surface area is 95.6 Å². The van der Waals surface area contributed by atoms with Crippen LogP contribution >= 0.6 is 0 Å². The lowest BCUT2D eigenvalue weighted by Gasteiger charge is -2.11. The molecule has 2 fully saturated rings. The Hall–Kier alpha value is -0.160. The molecule has 0 unspecified atom stereocenters. The molecule has 4 N–H and O–H groups in total. The Kier molecular flexibility index (Phi) is 22.3. The first-order valence-electron chi connectivity index (χ1n) is 6.33. The van der Waals surface area contributed by atoms with Crippen molar-refractivity contribution in [3.8, 4) is 0 Å². The monoisotopic (exact) mass is 218 g/mol. The van der Waals surface area contributed by atoms with E-state index in [0.29, 0.717) is 0 Å². The molecule has 0 amide bonds. The minimum absolute atomic E-state index is 1.00. The molecule has 0 atom stereocenters. The van der Waals surface area contributed by atoms with Crippen LogP contribution in [0.4, 0.5) is 0 Å². The molecule has 0 aromatic rings. The van der Waals surface area contributed by atoms with Crippen LogP contribution in [0.5, 0.6) is 0 Å². The van der Waals surface area contributed by atoms with E-state index in [9.17, 15) is 0 Å². The van der Waals surface area contributed by atoms with E-state index in [1.54, 1.807) is 0 Å². The van der Waals surface area contributed by atoms with Gasteiger partial charge in [-0.3, -0.25) is 0 Å². The van der Waals surface area contributed by atoms with E-state index < -0.39 is 0 Å². The lowest BCUT2D eigenvalue weighted by molar-refractivity contribution is 0.496. The third-order valence-electron chi connectivity index (χ3n) is 1.69. The summed E-state index contributed by atoms with van der Waals surface area (Å²) in [4.78, 5) is 0. The van der Waals surface area contributed by atoms with Crippen LogP contribution < -0.4 is 21.3 Å². The molecular weight excluding hydrogens is 188 g/mol. The first-order chi connectivity index (χ1) is 7.50. The van der Waals surface area contributed by atoms with Crippen molar-refractivity contribution < 1.29 is 0 Å².